The first-order chi connectivity index (χ1) is 10.1. The third-order valence-corrected chi connectivity index (χ3v) is 4.83. The molecule has 3 rings (SSSR count). The molecule has 0 saturated carbocycles. The van der Waals surface area contributed by atoms with Gasteiger partial charge < -0.3 is 4.90 Å². The molecule has 6 nitrogen and oxygen atoms in total. The Labute approximate surface area is 127 Å². The molecule has 0 radical (unpaired) electrons. The number of rotatable bonds is 3. The van der Waals surface area contributed by atoms with Gasteiger partial charge in [0.25, 0.3) is 5.56 Å². The average molecular weight is 305 g/mol. The second-order valence-electron chi connectivity index (χ2n) is 5.57. The van der Waals surface area contributed by atoms with E-state index in [4.69, 9.17) is 0 Å². The molecule has 0 aromatic carbocycles. The first-order valence-electron chi connectivity index (χ1n) is 7.19. The SMILES string of the molecule is Cc1nnc(N2CCC(Cn3cncc(C)c3=O)CC2)s1. The number of hydrogen-bond donors (Lipinski definition) is 0. The topological polar surface area (TPSA) is 63.9 Å². The monoisotopic (exact) mass is 305 g/mol. The predicted molar refractivity (Wildman–Crippen MR) is 82.8 cm³/mol. The summed E-state index contributed by atoms with van der Waals surface area (Å²) in [5, 5.41) is 10.3. The molecule has 0 amide bonds. The first-order valence-corrected chi connectivity index (χ1v) is 8.01. The molecular weight excluding hydrogens is 286 g/mol. The highest BCUT2D eigenvalue weighted by Gasteiger charge is 2.22. The Hall–Kier alpha value is -1.76. The Morgan fingerprint density at radius 2 is 2.05 bits per heavy atom. The van der Waals surface area contributed by atoms with Crippen LogP contribution >= 0.6 is 11.3 Å². The van der Waals surface area contributed by atoms with Gasteiger partial charge in [-0.1, -0.05) is 11.3 Å². The van der Waals surface area contributed by atoms with Gasteiger partial charge in [-0.3, -0.25) is 9.36 Å². The van der Waals surface area contributed by atoms with Gasteiger partial charge in [-0.15, -0.1) is 10.2 Å². The maximum Gasteiger partial charge on any atom is 0.256 e. The van der Waals surface area contributed by atoms with Crippen molar-refractivity contribution in [1.29, 1.82) is 0 Å². The standard InChI is InChI=1S/C14H19N5OS/c1-10-7-15-9-19(13(10)20)8-12-3-5-18(6-4-12)14-17-16-11(2)21-14/h7,9,12H,3-6,8H2,1-2H3. The lowest BCUT2D eigenvalue weighted by molar-refractivity contribution is 0.350. The maximum atomic E-state index is 12.0. The van der Waals surface area contributed by atoms with Crippen LogP contribution in [-0.2, 0) is 6.54 Å². The van der Waals surface area contributed by atoms with Gasteiger partial charge in [0, 0.05) is 31.4 Å². The van der Waals surface area contributed by atoms with Gasteiger partial charge in [-0.05, 0) is 32.6 Å². The van der Waals surface area contributed by atoms with E-state index in [0.717, 1.165) is 42.6 Å². The molecule has 3 heterocycles. The second kappa shape index (κ2) is 5.93. The predicted octanol–water partition coefficient (Wildman–Crippen LogP) is 1.63. The van der Waals surface area contributed by atoms with E-state index in [1.165, 1.54) is 0 Å². The molecule has 1 aliphatic rings. The van der Waals surface area contributed by atoms with Crippen LogP contribution in [0.15, 0.2) is 17.3 Å². The molecule has 0 aliphatic carbocycles. The third-order valence-electron chi connectivity index (χ3n) is 3.93. The van der Waals surface area contributed by atoms with E-state index >= 15 is 0 Å². The van der Waals surface area contributed by atoms with Crippen molar-refractivity contribution in [3.8, 4) is 0 Å². The van der Waals surface area contributed by atoms with Crippen molar-refractivity contribution in [1.82, 2.24) is 19.7 Å². The van der Waals surface area contributed by atoms with Crippen molar-refractivity contribution in [2.75, 3.05) is 18.0 Å². The van der Waals surface area contributed by atoms with Crippen molar-refractivity contribution in [2.45, 2.75) is 33.2 Å². The van der Waals surface area contributed by atoms with Gasteiger partial charge in [0.05, 0.1) is 6.33 Å². The first kappa shape index (κ1) is 14.2. The van der Waals surface area contributed by atoms with Crippen LogP contribution < -0.4 is 10.5 Å². The molecule has 0 unspecified atom stereocenters. The zero-order valence-electron chi connectivity index (χ0n) is 12.3. The number of aromatic nitrogens is 4. The Morgan fingerprint density at radius 3 is 2.71 bits per heavy atom. The third kappa shape index (κ3) is 3.12. The van der Waals surface area contributed by atoms with Crippen molar-refractivity contribution in [3.05, 3.63) is 33.4 Å². The van der Waals surface area contributed by atoms with E-state index in [0.29, 0.717) is 11.5 Å². The summed E-state index contributed by atoms with van der Waals surface area (Å²) in [5.74, 6) is 0.525. The molecule has 0 N–H and O–H groups in total. The van der Waals surface area contributed by atoms with Crippen LogP contribution in [0.5, 0.6) is 0 Å². The van der Waals surface area contributed by atoms with Gasteiger partial charge in [-0.25, -0.2) is 4.98 Å². The van der Waals surface area contributed by atoms with Crippen LogP contribution in [0.3, 0.4) is 0 Å². The van der Waals surface area contributed by atoms with E-state index in [1.54, 1.807) is 28.4 Å². The molecule has 1 aliphatic heterocycles. The summed E-state index contributed by atoms with van der Waals surface area (Å²) in [6, 6.07) is 0. The molecule has 1 fully saturated rings. The number of nitrogens with zero attached hydrogens (tertiary/aromatic N) is 5. The minimum atomic E-state index is 0.0761. The van der Waals surface area contributed by atoms with E-state index in [2.05, 4.69) is 20.1 Å². The van der Waals surface area contributed by atoms with Crippen LogP contribution in [0, 0.1) is 19.8 Å². The summed E-state index contributed by atoms with van der Waals surface area (Å²) in [6.07, 6.45) is 5.41. The van der Waals surface area contributed by atoms with Gasteiger partial charge in [0.15, 0.2) is 0 Å². The van der Waals surface area contributed by atoms with E-state index in [-0.39, 0.29) is 5.56 Å². The molecule has 21 heavy (non-hydrogen) atoms. The van der Waals surface area contributed by atoms with E-state index in [1.807, 2.05) is 13.8 Å². The second-order valence-corrected chi connectivity index (χ2v) is 6.73. The lowest BCUT2D eigenvalue weighted by Crippen LogP contribution is -2.36. The minimum Gasteiger partial charge on any atom is -0.347 e. The summed E-state index contributed by atoms with van der Waals surface area (Å²) in [6.45, 7) is 6.51. The Balaban J connectivity index is 1.61. The maximum absolute atomic E-state index is 12.0. The van der Waals surface area contributed by atoms with Crippen LogP contribution in [0.1, 0.15) is 23.4 Å². The number of piperidine rings is 1. The Kier molecular flexibility index (Phi) is 4.01. The minimum absolute atomic E-state index is 0.0761. The van der Waals surface area contributed by atoms with Crippen LogP contribution in [-0.4, -0.2) is 32.8 Å². The summed E-state index contributed by atoms with van der Waals surface area (Å²) < 4.78 is 1.74. The lowest BCUT2D eigenvalue weighted by Gasteiger charge is -2.31. The van der Waals surface area contributed by atoms with Crippen LogP contribution in [0.4, 0.5) is 5.13 Å². The fourth-order valence-corrected chi connectivity index (χ4v) is 3.43. The molecule has 112 valence electrons. The number of aryl methyl sites for hydroxylation is 2. The van der Waals surface area contributed by atoms with Crippen molar-refractivity contribution in [3.63, 3.8) is 0 Å². The molecule has 2 aromatic heterocycles. The van der Waals surface area contributed by atoms with Crippen molar-refractivity contribution < 1.29 is 0 Å². The van der Waals surface area contributed by atoms with Gasteiger partial charge in [0.2, 0.25) is 5.13 Å². The van der Waals surface area contributed by atoms with Gasteiger partial charge >= 0.3 is 0 Å². The fraction of sp³-hybridized carbons (Fsp3) is 0.571. The van der Waals surface area contributed by atoms with Crippen molar-refractivity contribution in [2.24, 2.45) is 5.92 Å². The zero-order chi connectivity index (χ0) is 14.8. The Bertz CT molecular complexity index is 672. The lowest BCUT2D eigenvalue weighted by atomic mass is 9.97. The fourth-order valence-electron chi connectivity index (χ4n) is 2.69. The molecule has 7 heteroatoms. The normalized spacial score (nSPS) is 16.4. The number of hydrogen-bond acceptors (Lipinski definition) is 6. The highest BCUT2D eigenvalue weighted by atomic mass is 32.1. The number of anilines is 1. The molecule has 0 bridgehead atoms. The van der Waals surface area contributed by atoms with Gasteiger partial charge in [-0.2, -0.15) is 0 Å². The zero-order valence-corrected chi connectivity index (χ0v) is 13.1. The van der Waals surface area contributed by atoms with E-state index in [9.17, 15) is 4.79 Å². The molecule has 2 aromatic rings. The summed E-state index contributed by atoms with van der Waals surface area (Å²) in [5.41, 5.74) is 0.784. The highest BCUT2D eigenvalue weighted by molar-refractivity contribution is 7.15. The molecular formula is C14H19N5OS. The summed E-state index contributed by atoms with van der Waals surface area (Å²) >= 11 is 1.64. The summed E-state index contributed by atoms with van der Waals surface area (Å²) in [7, 11) is 0. The molecule has 1 saturated heterocycles. The van der Waals surface area contributed by atoms with Crippen LogP contribution in [0.25, 0.3) is 0 Å². The Morgan fingerprint density at radius 1 is 1.29 bits per heavy atom. The van der Waals surface area contributed by atoms with E-state index < -0.39 is 0 Å². The largest absolute Gasteiger partial charge is 0.347 e. The van der Waals surface area contributed by atoms with Crippen molar-refractivity contribution >= 4 is 16.5 Å². The smallest absolute Gasteiger partial charge is 0.256 e. The average Bonchev–Trinajstić information content (AvgIpc) is 2.91. The molecule has 0 atom stereocenters. The molecule has 0 spiro atoms. The quantitative estimate of drug-likeness (QED) is 0.862. The highest BCUT2D eigenvalue weighted by Crippen LogP contribution is 2.26. The van der Waals surface area contributed by atoms with Crippen LogP contribution in [0.2, 0.25) is 0 Å². The summed E-state index contributed by atoms with van der Waals surface area (Å²) in [4.78, 5) is 18.4. The van der Waals surface area contributed by atoms with Gasteiger partial charge in [0.1, 0.15) is 5.01 Å².